The van der Waals surface area contributed by atoms with Crippen molar-refractivity contribution in [3.63, 3.8) is 0 Å². The molecule has 94 valence electrons. The van der Waals surface area contributed by atoms with Crippen LogP contribution in [0.25, 0.3) is 0 Å². The highest BCUT2D eigenvalue weighted by Gasteiger charge is 2.13. The van der Waals surface area contributed by atoms with E-state index in [1.807, 2.05) is 6.92 Å². The van der Waals surface area contributed by atoms with Gasteiger partial charge in [0.2, 0.25) is 0 Å². The number of halogens is 1. The van der Waals surface area contributed by atoms with Gasteiger partial charge in [0.25, 0.3) is 5.91 Å². The van der Waals surface area contributed by atoms with E-state index in [0.717, 1.165) is 23.7 Å². The van der Waals surface area contributed by atoms with Gasteiger partial charge in [0.15, 0.2) is 0 Å². The molecular formula is C13H18BrNO2. The minimum Gasteiger partial charge on any atom is -0.507 e. The van der Waals surface area contributed by atoms with Crippen LogP contribution < -0.4 is 5.32 Å². The zero-order valence-corrected chi connectivity index (χ0v) is 11.8. The van der Waals surface area contributed by atoms with Gasteiger partial charge in [-0.25, -0.2) is 0 Å². The first kappa shape index (κ1) is 14.0. The van der Waals surface area contributed by atoms with Crippen molar-refractivity contribution in [2.75, 3.05) is 0 Å². The first-order valence-corrected chi connectivity index (χ1v) is 6.63. The summed E-state index contributed by atoms with van der Waals surface area (Å²) in [4.78, 5) is 11.9. The number of phenolic OH excluding ortho intramolecular Hbond substituents is 1. The number of aromatic hydroxyl groups is 1. The molecule has 1 rings (SSSR count). The van der Waals surface area contributed by atoms with Crippen LogP contribution in [0.3, 0.4) is 0 Å². The van der Waals surface area contributed by atoms with Crippen LogP contribution in [0, 0.1) is 0 Å². The van der Waals surface area contributed by atoms with Crippen molar-refractivity contribution in [2.24, 2.45) is 0 Å². The van der Waals surface area contributed by atoms with Crippen LogP contribution in [0.4, 0.5) is 0 Å². The first-order valence-electron chi connectivity index (χ1n) is 5.84. The second kappa shape index (κ2) is 6.64. The molecule has 1 atom stereocenters. The Morgan fingerprint density at radius 1 is 1.53 bits per heavy atom. The second-order valence-corrected chi connectivity index (χ2v) is 5.09. The molecule has 0 fully saturated rings. The average molecular weight is 300 g/mol. The van der Waals surface area contributed by atoms with E-state index in [9.17, 15) is 9.90 Å². The highest BCUT2D eigenvalue weighted by molar-refractivity contribution is 9.10. The minimum absolute atomic E-state index is 0.000401. The lowest BCUT2D eigenvalue weighted by Gasteiger charge is -2.14. The van der Waals surface area contributed by atoms with Crippen molar-refractivity contribution in [1.82, 2.24) is 5.32 Å². The third kappa shape index (κ3) is 4.38. The van der Waals surface area contributed by atoms with Crippen LogP contribution in [0.15, 0.2) is 22.7 Å². The highest BCUT2D eigenvalue weighted by Crippen LogP contribution is 2.22. The fourth-order valence-corrected chi connectivity index (χ4v) is 1.93. The van der Waals surface area contributed by atoms with Crippen molar-refractivity contribution < 1.29 is 9.90 Å². The number of rotatable bonds is 5. The number of amides is 1. The van der Waals surface area contributed by atoms with E-state index in [0.29, 0.717) is 5.56 Å². The van der Waals surface area contributed by atoms with Gasteiger partial charge in [0, 0.05) is 10.5 Å². The average Bonchev–Trinajstić information content (AvgIpc) is 2.26. The summed E-state index contributed by atoms with van der Waals surface area (Å²) in [6, 6.07) is 5.00. The Morgan fingerprint density at radius 3 is 2.82 bits per heavy atom. The molecule has 0 aromatic heterocycles. The number of unbranched alkanes of at least 4 members (excludes halogenated alkanes) is 1. The Bertz CT molecular complexity index is 393. The summed E-state index contributed by atoms with van der Waals surface area (Å²) in [6.07, 6.45) is 3.16. The van der Waals surface area contributed by atoms with E-state index in [1.54, 1.807) is 12.1 Å². The third-order valence-electron chi connectivity index (χ3n) is 2.57. The van der Waals surface area contributed by atoms with Gasteiger partial charge in [-0.2, -0.15) is 0 Å². The standard InChI is InChI=1S/C13H18BrNO2/c1-3-4-5-9(2)15-13(17)11-7-6-10(14)8-12(11)16/h6-9,16H,3-5H2,1-2H3,(H,15,17). The Hall–Kier alpha value is -1.03. The smallest absolute Gasteiger partial charge is 0.255 e. The van der Waals surface area contributed by atoms with Crippen LogP contribution in [-0.4, -0.2) is 17.1 Å². The molecule has 0 radical (unpaired) electrons. The number of benzene rings is 1. The number of nitrogens with one attached hydrogen (secondary N) is 1. The predicted octanol–water partition coefficient (Wildman–Crippen LogP) is 3.46. The predicted molar refractivity (Wildman–Crippen MR) is 72.3 cm³/mol. The summed E-state index contributed by atoms with van der Waals surface area (Å²) in [5, 5.41) is 12.5. The maximum Gasteiger partial charge on any atom is 0.255 e. The van der Waals surface area contributed by atoms with Crippen LogP contribution >= 0.6 is 15.9 Å². The van der Waals surface area contributed by atoms with E-state index in [4.69, 9.17) is 0 Å². The summed E-state index contributed by atoms with van der Waals surface area (Å²) < 4.78 is 0.755. The molecule has 1 aromatic rings. The van der Waals surface area contributed by atoms with Gasteiger partial charge in [-0.1, -0.05) is 35.7 Å². The summed E-state index contributed by atoms with van der Waals surface area (Å²) in [5.74, 6) is -0.224. The zero-order chi connectivity index (χ0) is 12.8. The molecule has 0 spiro atoms. The zero-order valence-electron chi connectivity index (χ0n) is 10.2. The van der Waals surface area contributed by atoms with Crippen molar-refractivity contribution >= 4 is 21.8 Å². The molecule has 0 aliphatic rings. The Morgan fingerprint density at radius 2 is 2.24 bits per heavy atom. The Kier molecular flexibility index (Phi) is 5.48. The number of carbonyl (C=O) groups excluding carboxylic acids is 1. The Labute approximate surface area is 110 Å². The van der Waals surface area contributed by atoms with Crippen molar-refractivity contribution in [1.29, 1.82) is 0 Å². The van der Waals surface area contributed by atoms with Gasteiger partial charge in [0.1, 0.15) is 5.75 Å². The maximum atomic E-state index is 11.9. The lowest BCUT2D eigenvalue weighted by atomic mass is 10.1. The topological polar surface area (TPSA) is 49.3 Å². The molecule has 0 heterocycles. The normalized spacial score (nSPS) is 12.2. The van der Waals surface area contributed by atoms with Gasteiger partial charge in [0.05, 0.1) is 5.56 Å². The summed E-state index contributed by atoms with van der Waals surface area (Å²) in [6.45, 7) is 4.10. The van der Waals surface area contributed by atoms with Crippen LogP contribution in [0.5, 0.6) is 5.75 Å². The molecule has 1 amide bonds. The summed E-state index contributed by atoms with van der Waals surface area (Å²) in [5.41, 5.74) is 0.316. The summed E-state index contributed by atoms with van der Waals surface area (Å²) >= 11 is 3.24. The quantitative estimate of drug-likeness (QED) is 0.875. The number of hydrogen-bond acceptors (Lipinski definition) is 2. The molecule has 17 heavy (non-hydrogen) atoms. The van der Waals surface area contributed by atoms with Crippen LogP contribution in [-0.2, 0) is 0 Å². The van der Waals surface area contributed by atoms with Crippen molar-refractivity contribution in [2.45, 2.75) is 39.2 Å². The molecule has 0 aliphatic carbocycles. The van der Waals surface area contributed by atoms with E-state index in [2.05, 4.69) is 28.2 Å². The lowest BCUT2D eigenvalue weighted by molar-refractivity contribution is 0.0935. The van der Waals surface area contributed by atoms with E-state index < -0.39 is 0 Å². The third-order valence-corrected chi connectivity index (χ3v) is 3.07. The fourth-order valence-electron chi connectivity index (χ4n) is 1.58. The number of phenols is 1. The van der Waals surface area contributed by atoms with E-state index in [1.165, 1.54) is 6.07 Å². The van der Waals surface area contributed by atoms with Gasteiger partial charge < -0.3 is 10.4 Å². The van der Waals surface area contributed by atoms with Crippen molar-refractivity contribution in [3.05, 3.63) is 28.2 Å². The molecule has 3 nitrogen and oxygen atoms in total. The monoisotopic (exact) mass is 299 g/mol. The molecule has 0 aliphatic heterocycles. The largest absolute Gasteiger partial charge is 0.507 e. The Balaban J connectivity index is 2.63. The number of hydrogen-bond donors (Lipinski definition) is 2. The minimum atomic E-state index is -0.224. The first-order chi connectivity index (χ1) is 8.04. The highest BCUT2D eigenvalue weighted by atomic mass is 79.9. The molecule has 1 unspecified atom stereocenters. The molecule has 2 N–H and O–H groups in total. The van der Waals surface area contributed by atoms with Crippen molar-refractivity contribution in [3.8, 4) is 5.75 Å². The van der Waals surface area contributed by atoms with Gasteiger partial charge in [-0.05, 0) is 31.5 Å². The van der Waals surface area contributed by atoms with Gasteiger partial charge in [-0.3, -0.25) is 4.79 Å². The molecule has 0 saturated carbocycles. The maximum absolute atomic E-state index is 11.9. The van der Waals surface area contributed by atoms with Crippen LogP contribution in [0.2, 0.25) is 0 Å². The van der Waals surface area contributed by atoms with E-state index >= 15 is 0 Å². The van der Waals surface area contributed by atoms with Crippen LogP contribution in [0.1, 0.15) is 43.5 Å². The number of carbonyl (C=O) groups is 1. The SMILES string of the molecule is CCCCC(C)NC(=O)c1ccc(Br)cc1O. The fraction of sp³-hybridized carbons (Fsp3) is 0.462. The molecule has 4 heteroatoms. The molecular weight excluding hydrogens is 282 g/mol. The molecule has 1 aromatic carbocycles. The second-order valence-electron chi connectivity index (χ2n) is 4.18. The molecule has 0 bridgehead atoms. The molecule has 0 saturated heterocycles. The van der Waals surface area contributed by atoms with Gasteiger partial charge >= 0.3 is 0 Å². The summed E-state index contributed by atoms with van der Waals surface area (Å²) in [7, 11) is 0. The van der Waals surface area contributed by atoms with E-state index in [-0.39, 0.29) is 17.7 Å². The lowest BCUT2D eigenvalue weighted by Crippen LogP contribution is -2.32. The van der Waals surface area contributed by atoms with Gasteiger partial charge in [-0.15, -0.1) is 0 Å².